The van der Waals surface area contributed by atoms with Gasteiger partial charge in [0, 0.05) is 12.0 Å². The Kier molecular flexibility index (Phi) is 3.24. The van der Waals surface area contributed by atoms with Crippen LogP contribution in [0.3, 0.4) is 0 Å². The predicted octanol–water partition coefficient (Wildman–Crippen LogP) is 2.76. The van der Waals surface area contributed by atoms with Crippen LogP contribution in [-0.4, -0.2) is 16.2 Å². The van der Waals surface area contributed by atoms with Crippen molar-refractivity contribution in [2.24, 2.45) is 10.9 Å². The van der Waals surface area contributed by atoms with E-state index in [1.54, 1.807) is 0 Å². The third kappa shape index (κ3) is 2.05. The molecule has 0 unspecified atom stereocenters. The van der Waals surface area contributed by atoms with E-state index in [9.17, 15) is 18.7 Å². The molecule has 0 heterocycles. The van der Waals surface area contributed by atoms with Gasteiger partial charge >= 0.3 is 5.97 Å². The van der Waals surface area contributed by atoms with Crippen LogP contribution in [0.25, 0.3) is 0 Å². The van der Waals surface area contributed by atoms with E-state index < -0.39 is 23.1 Å². The van der Waals surface area contributed by atoms with Crippen molar-refractivity contribution >= 4 is 23.3 Å². The van der Waals surface area contributed by atoms with Crippen LogP contribution in [0.15, 0.2) is 23.2 Å². The molecule has 1 saturated carbocycles. The Bertz CT molecular complexity index is 529. The van der Waals surface area contributed by atoms with Gasteiger partial charge in [0.2, 0.25) is 0 Å². The van der Waals surface area contributed by atoms with Crippen molar-refractivity contribution in [3.05, 3.63) is 35.4 Å². The molecule has 0 saturated heterocycles. The lowest BCUT2D eigenvalue weighted by Gasteiger charge is -2.24. The number of halogens is 2. The number of rotatable bonds is 4. The minimum absolute atomic E-state index is 0.0349. The molecule has 1 N–H and O–H groups in total. The Morgan fingerprint density at radius 2 is 1.94 bits per heavy atom. The quantitative estimate of drug-likeness (QED) is 0.675. The standard InChI is InChI=1S/C12H9F2NO2S/c13-9-3-8(4-10(14)5-9)12(11(16)17,15-6-18)7-1-2-7/h3-5,7H,1-2H2,(H,16,17)/t12-/m1/s1. The summed E-state index contributed by atoms with van der Waals surface area (Å²) in [5, 5.41) is 11.4. The fraction of sp³-hybridized carbons (Fsp3) is 0.333. The molecule has 0 aromatic heterocycles. The molecular formula is C12H9F2NO2S. The molecule has 1 atom stereocenters. The lowest BCUT2D eigenvalue weighted by atomic mass is 9.85. The Morgan fingerprint density at radius 3 is 2.33 bits per heavy atom. The number of hydrogen-bond donors (Lipinski definition) is 1. The highest BCUT2D eigenvalue weighted by molar-refractivity contribution is 7.78. The van der Waals surface area contributed by atoms with Crippen LogP contribution in [-0.2, 0) is 10.3 Å². The average molecular weight is 269 g/mol. The second-order valence-electron chi connectivity index (χ2n) is 4.21. The minimum atomic E-state index is -1.72. The zero-order chi connectivity index (χ0) is 13.3. The Hall–Kier alpha value is -1.65. The maximum atomic E-state index is 13.2. The molecule has 1 aliphatic carbocycles. The molecule has 1 aromatic carbocycles. The molecule has 0 aliphatic heterocycles. The Balaban J connectivity index is 2.65. The highest BCUT2D eigenvalue weighted by atomic mass is 32.1. The number of carbonyl (C=O) groups is 1. The summed E-state index contributed by atoms with van der Waals surface area (Å²) in [6.45, 7) is 0. The van der Waals surface area contributed by atoms with E-state index in [2.05, 4.69) is 17.2 Å². The third-order valence-electron chi connectivity index (χ3n) is 3.02. The van der Waals surface area contributed by atoms with Crippen LogP contribution in [0.1, 0.15) is 18.4 Å². The van der Waals surface area contributed by atoms with Crippen molar-refractivity contribution in [3.8, 4) is 0 Å². The second-order valence-corrected chi connectivity index (χ2v) is 4.39. The molecular weight excluding hydrogens is 260 g/mol. The smallest absolute Gasteiger partial charge is 0.337 e. The van der Waals surface area contributed by atoms with Gasteiger partial charge in [-0.25, -0.2) is 18.6 Å². The van der Waals surface area contributed by atoms with E-state index in [0.29, 0.717) is 18.9 Å². The summed E-state index contributed by atoms with van der Waals surface area (Å²) in [4.78, 5) is 15.2. The van der Waals surface area contributed by atoms with Crippen LogP contribution >= 0.6 is 12.2 Å². The summed E-state index contributed by atoms with van der Waals surface area (Å²) in [5.74, 6) is -3.24. The first-order valence-electron chi connectivity index (χ1n) is 5.29. The topological polar surface area (TPSA) is 49.7 Å². The molecule has 0 radical (unpaired) electrons. The number of isothiocyanates is 1. The lowest BCUT2D eigenvalue weighted by Crippen LogP contribution is -2.36. The summed E-state index contributed by atoms with van der Waals surface area (Å²) in [7, 11) is 0. The molecule has 0 spiro atoms. The molecule has 1 aliphatic rings. The third-order valence-corrected chi connectivity index (χ3v) is 3.11. The predicted molar refractivity (Wildman–Crippen MR) is 63.4 cm³/mol. The molecule has 0 amide bonds. The normalized spacial score (nSPS) is 17.7. The summed E-state index contributed by atoms with van der Waals surface area (Å²) >= 11 is 4.46. The monoisotopic (exact) mass is 269 g/mol. The van der Waals surface area contributed by atoms with Crippen molar-refractivity contribution < 1.29 is 18.7 Å². The molecule has 0 bridgehead atoms. The van der Waals surface area contributed by atoms with Crippen molar-refractivity contribution in [3.63, 3.8) is 0 Å². The van der Waals surface area contributed by atoms with Crippen LogP contribution in [0.2, 0.25) is 0 Å². The molecule has 94 valence electrons. The highest BCUT2D eigenvalue weighted by Gasteiger charge is 2.53. The van der Waals surface area contributed by atoms with Crippen molar-refractivity contribution in [1.82, 2.24) is 0 Å². The zero-order valence-corrected chi connectivity index (χ0v) is 10.0. The van der Waals surface area contributed by atoms with E-state index >= 15 is 0 Å². The van der Waals surface area contributed by atoms with Crippen LogP contribution in [0.4, 0.5) is 8.78 Å². The van der Waals surface area contributed by atoms with E-state index in [1.807, 2.05) is 5.16 Å². The first-order chi connectivity index (χ1) is 8.50. The van der Waals surface area contributed by atoms with Gasteiger partial charge in [0.05, 0.1) is 5.16 Å². The van der Waals surface area contributed by atoms with Gasteiger partial charge in [-0.15, -0.1) is 0 Å². The number of thiocarbonyl (C=S) groups is 1. The molecule has 1 aromatic rings. The van der Waals surface area contributed by atoms with Gasteiger partial charge in [-0.1, -0.05) is 0 Å². The summed E-state index contributed by atoms with van der Waals surface area (Å²) < 4.78 is 26.4. The van der Waals surface area contributed by atoms with Crippen LogP contribution < -0.4 is 0 Å². The molecule has 18 heavy (non-hydrogen) atoms. The van der Waals surface area contributed by atoms with Crippen LogP contribution in [0, 0.1) is 17.6 Å². The second kappa shape index (κ2) is 4.55. The van der Waals surface area contributed by atoms with Gasteiger partial charge in [0.1, 0.15) is 11.6 Å². The van der Waals surface area contributed by atoms with Gasteiger partial charge in [-0.3, -0.25) is 0 Å². The number of benzene rings is 1. The average Bonchev–Trinajstić information content (AvgIpc) is 3.07. The molecule has 3 nitrogen and oxygen atoms in total. The summed E-state index contributed by atoms with van der Waals surface area (Å²) in [5.41, 5.74) is -1.75. The van der Waals surface area contributed by atoms with Crippen molar-refractivity contribution in [1.29, 1.82) is 0 Å². The fourth-order valence-corrected chi connectivity index (χ4v) is 2.23. The Labute approximate surface area is 107 Å². The molecule has 6 heteroatoms. The van der Waals surface area contributed by atoms with E-state index in [0.717, 1.165) is 12.1 Å². The summed E-state index contributed by atoms with van der Waals surface area (Å²) in [6, 6.07) is 2.64. The van der Waals surface area contributed by atoms with Crippen molar-refractivity contribution in [2.45, 2.75) is 18.4 Å². The van der Waals surface area contributed by atoms with Gasteiger partial charge in [-0.05, 0) is 42.8 Å². The first-order valence-corrected chi connectivity index (χ1v) is 5.70. The number of hydrogen-bond acceptors (Lipinski definition) is 3. The van der Waals surface area contributed by atoms with Gasteiger partial charge < -0.3 is 5.11 Å². The number of nitrogens with zero attached hydrogens (tertiary/aromatic N) is 1. The number of aliphatic carboxylic acids is 1. The lowest BCUT2D eigenvalue weighted by molar-refractivity contribution is -0.144. The van der Waals surface area contributed by atoms with E-state index in [-0.39, 0.29) is 11.5 Å². The Morgan fingerprint density at radius 1 is 1.39 bits per heavy atom. The van der Waals surface area contributed by atoms with Gasteiger partial charge in [0.15, 0.2) is 5.54 Å². The maximum absolute atomic E-state index is 13.2. The summed E-state index contributed by atoms with van der Waals surface area (Å²) in [6.07, 6.45) is 1.26. The number of carboxylic acid groups (broad SMARTS) is 1. The van der Waals surface area contributed by atoms with Gasteiger partial charge in [0.25, 0.3) is 0 Å². The van der Waals surface area contributed by atoms with Gasteiger partial charge in [-0.2, -0.15) is 0 Å². The first kappa shape index (κ1) is 12.8. The van der Waals surface area contributed by atoms with E-state index in [4.69, 9.17) is 0 Å². The molecule has 1 fully saturated rings. The SMILES string of the molecule is O=C(O)[C@](N=C=S)(c1cc(F)cc(F)c1)C1CC1. The molecule has 2 rings (SSSR count). The largest absolute Gasteiger partial charge is 0.479 e. The number of carboxylic acids is 1. The maximum Gasteiger partial charge on any atom is 0.337 e. The van der Waals surface area contributed by atoms with Crippen molar-refractivity contribution in [2.75, 3.05) is 0 Å². The fourth-order valence-electron chi connectivity index (χ4n) is 2.08. The zero-order valence-electron chi connectivity index (χ0n) is 9.19. The van der Waals surface area contributed by atoms with Crippen LogP contribution in [0.5, 0.6) is 0 Å². The van der Waals surface area contributed by atoms with E-state index in [1.165, 1.54) is 0 Å². The minimum Gasteiger partial charge on any atom is -0.479 e. The number of aliphatic imine (C=N–C) groups is 1. The highest BCUT2D eigenvalue weighted by Crippen LogP contribution is 2.48.